The highest BCUT2D eigenvalue weighted by Crippen LogP contribution is 2.32. The van der Waals surface area contributed by atoms with Gasteiger partial charge in [0.1, 0.15) is 0 Å². The zero-order valence-corrected chi connectivity index (χ0v) is 11.2. The molecule has 2 rings (SSSR count). The molecule has 0 atom stereocenters. The van der Waals surface area contributed by atoms with Crippen LogP contribution in [0.15, 0.2) is 0 Å². The smallest absolute Gasteiger partial charge is 0.150 e. The van der Waals surface area contributed by atoms with Crippen LogP contribution in [0.1, 0.15) is 44.7 Å². The third kappa shape index (κ3) is 2.26. The Morgan fingerprint density at radius 1 is 1.41 bits per heavy atom. The van der Waals surface area contributed by atoms with Gasteiger partial charge in [-0.1, -0.05) is 19.8 Å². The zero-order chi connectivity index (χ0) is 12.4. The van der Waals surface area contributed by atoms with Gasteiger partial charge in [-0.05, 0) is 26.2 Å². The fourth-order valence-electron chi connectivity index (χ4n) is 2.79. The highest BCUT2D eigenvalue weighted by atomic mass is 15.4. The van der Waals surface area contributed by atoms with E-state index in [1.165, 1.54) is 25.7 Å². The molecule has 1 heterocycles. The topological polar surface area (TPSA) is 47.1 Å². The van der Waals surface area contributed by atoms with Crippen LogP contribution in [0, 0.1) is 6.92 Å². The van der Waals surface area contributed by atoms with Crippen molar-refractivity contribution in [3.05, 3.63) is 5.69 Å². The number of anilines is 2. The molecule has 1 saturated carbocycles. The molecule has 4 heteroatoms. The second-order valence-electron chi connectivity index (χ2n) is 5.10. The third-order valence-corrected chi connectivity index (χ3v) is 3.79. The Balaban J connectivity index is 2.28. The molecule has 0 radical (unpaired) electrons. The van der Waals surface area contributed by atoms with Gasteiger partial charge in [0, 0.05) is 19.6 Å². The van der Waals surface area contributed by atoms with E-state index in [4.69, 9.17) is 5.73 Å². The molecule has 1 fully saturated rings. The van der Waals surface area contributed by atoms with Crippen molar-refractivity contribution in [2.24, 2.45) is 0 Å². The minimum atomic E-state index is 0.643. The van der Waals surface area contributed by atoms with Gasteiger partial charge in [0.2, 0.25) is 0 Å². The van der Waals surface area contributed by atoms with Gasteiger partial charge in [0.25, 0.3) is 0 Å². The van der Waals surface area contributed by atoms with E-state index in [9.17, 15) is 0 Å². The molecular weight excluding hydrogens is 212 g/mol. The molecule has 0 amide bonds. The summed E-state index contributed by atoms with van der Waals surface area (Å²) in [6, 6.07) is 0.643. The molecule has 0 aliphatic heterocycles. The molecule has 0 unspecified atom stereocenters. The quantitative estimate of drug-likeness (QED) is 0.874. The molecular formula is C13H24N4. The number of hydrogen-bond donors (Lipinski definition) is 1. The molecule has 1 aromatic heterocycles. The third-order valence-electron chi connectivity index (χ3n) is 3.79. The van der Waals surface area contributed by atoms with Crippen LogP contribution in [0.5, 0.6) is 0 Å². The van der Waals surface area contributed by atoms with Crippen LogP contribution < -0.4 is 10.6 Å². The Kier molecular flexibility index (Phi) is 3.60. The summed E-state index contributed by atoms with van der Waals surface area (Å²) in [6.07, 6.45) is 6.34. The summed E-state index contributed by atoms with van der Waals surface area (Å²) in [5, 5.41) is 4.54. The molecule has 2 N–H and O–H groups in total. The summed E-state index contributed by atoms with van der Waals surface area (Å²) in [5.74, 6) is 1.12. The van der Waals surface area contributed by atoms with Crippen molar-refractivity contribution in [3.63, 3.8) is 0 Å². The normalized spacial score (nSPS) is 16.6. The maximum Gasteiger partial charge on any atom is 0.150 e. The maximum atomic E-state index is 6.18. The molecule has 0 bridgehead atoms. The van der Waals surface area contributed by atoms with Crippen LogP contribution in [0.25, 0.3) is 0 Å². The average Bonchev–Trinajstić information content (AvgIpc) is 2.89. The molecule has 17 heavy (non-hydrogen) atoms. The molecule has 96 valence electrons. The summed E-state index contributed by atoms with van der Waals surface area (Å²) in [7, 11) is 2.16. The van der Waals surface area contributed by atoms with E-state index in [1.54, 1.807) is 0 Å². The fraction of sp³-hybridized carbons (Fsp3) is 0.769. The Bertz CT molecular complexity index is 377. The first-order valence-electron chi connectivity index (χ1n) is 6.70. The van der Waals surface area contributed by atoms with E-state index in [0.717, 1.165) is 30.2 Å². The van der Waals surface area contributed by atoms with E-state index in [-0.39, 0.29) is 0 Å². The average molecular weight is 236 g/mol. The lowest BCUT2D eigenvalue weighted by molar-refractivity contribution is 0.565. The number of nitrogen functional groups attached to an aromatic ring is 1. The minimum absolute atomic E-state index is 0.643. The molecule has 0 saturated heterocycles. The molecule has 1 aliphatic rings. The van der Waals surface area contributed by atoms with Crippen molar-refractivity contribution < 1.29 is 0 Å². The van der Waals surface area contributed by atoms with Crippen molar-refractivity contribution in [2.75, 3.05) is 17.7 Å². The van der Waals surface area contributed by atoms with Gasteiger partial charge < -0.3 is 10.6 Å². The van der Waals surface area contributed by atoms with Crippen LogP contribution in [-0.4, -0.2) is 22.9 Å². The van der Waals surface area contributed by atoms with Crippen LogP contribution in [0.2, 0.25) is 0 Å². The second kappa shape index (κ2) is 4.98. The Morgan fingerprint density at radius 3 is 2.65 bits per heavy atom. The van der Waals surface area contributed by atoms with E-state index < -0.39 is 0 Å². The Morgan fingerprint density at radius 2 is 2.06 bits per heavy atom. The van der Waals surface area contributed by atoms with Crippen molar-refractivity contribution in [1.82, 2.24) is 9.78 Å². The van der Waals surface area contributed by atoms with Gasteiger partial charge in [-0.2, -0.15) is 5.10 Å². The molecule has 0 spiro atoms. The van der Waals surface area contributed by atoms with E-state index in [1.807, 2.05) is 6.92 Å². The predicted octanol–water partition coefficient (Wildman–Crippen LogP) is 2.56. The number of nitrogens with two attached hydrogens (primary N) is 1. The molecule has 4 nitrogen and oxygen atoms in total. The van der Waals surface area contributed by atoms with Crippen LogP contribution in [-0.2, 0) is 6.54 Å². The molecule has 1 aliphatic carbocycles. The first-order valence-corrected chi connectivity index (χ1v) is 6.70. The van der Waals surface area contributed by atoms with E-state index in [0.29, 0.717) is 6.04 Å². The SMILES string of the molecule is CCCn1nc(C)c(N)c1N(C)C1CCCC1. The van der Waals surface area contributed by atoms with Gasteiger partial charge in [-0.3, -0.25) is 0 Å². The van der Waals surface area contributed by atoms with Crippen molar-refractivity contribution in [3.8, 4) is 0 Å². The van der Waals surface area contributed by atoms with Gasteiger partial charge in [0.15, 0.2) is 5.82 Å². The van der Waals surface area contributed by atoms with Crippen molar-refractivity contribution >= 4 is 11.5 Å². The molecule has 0 aromatic carbocycles. The number of aryl methyl sites for hydroxylation is 2. The summed E-state index contributed by atoms with van der Waals surface area (Å²) >= 11 is 0. The lowest BCUT2D eigenvalue weighted by atomic mass is 10.2. The van der Waals surface area contributed by atoms with Gasteiger partial charge >= 0.3 is 0 Å². The summed E-state index contributed by atoms with van der Waals surface area (Å²) < 4.78 is 2.07. The number of hydrogen-bond acceptors (Lipinski definition) is 3. The predicted molar refractivity (Wildman–Crippen MR) is 72.3 cm³/mol. The van der Waals surface area contributed by atoms with Crippen molar-refractivity contribution in [1.29, 1.82) is 0 Å². The summed E-state index contributed by atoms with van der Waals surface area (Å²) in [6.45, 7) is 5.12. The van der Waals surface area contributed by atoms with Crippen LogP contribution in [0.4, 0.5) is 11.5 Å². The Labute approximate surface area is 104 Å². The number of nitrogens with zero attached hydrogens (tertiary/aromatic N) is 3. The van der Waals surface area contributed by atoms with Gasteiger partial charge in [-0.15, -0.1) is 0 Å². The highest BCUT2D eigenvalue weighted by molar-refractivity contribution is 5.66. The number of aromatic nitrogens is 2. The van der Waals surface area contributed by atoms with Gasteiger partial charge in [-0.25, -0.2) is 4.68 Å². The monoisotopic (exact) mass is 236 g/mol. The van der Waals surface area contributed by atoms with Crippen molar-refractivity contribution in [2.45, 2.75) is 58.5 Å². The first-order chi connectivity index (χ1) is 8.15. The first kappa shape index (κ1) is 12.3. The minimum Gasteiger partial charge on any atom is -0.394 e. The highest BCUT2D eigenvalue weighted by Gasteiger charge is 2.25. The summed E-state index contributed by atoms with van der Waals surface area (Å²) in [4.78, 5) is 2.35. The van der Waals surface area contributed by atoms with E-state index in [2.05, 4.69) is 28.7 Å². The Hall–Kier alpha value is -1.19. The zero-order valence-electron chi connectivity index (χ0n) is 11.2. The van der Waals surface area contributed by atoms with Crippen LogP contribution in [0.3, 0.4) is 0 Å². The molecule has 1 aromatic rings. The van der Waals surface area contributed by atoms with Crippen LogP contribution >= 0.6 is 0 Å². The largest absolute Gasteiger partial charge is 0.394 e. The standard InChI is InChI=1S/C13H24N4/c1-4-9-17-13(12(14)10(2)15-17)16(3)11-7-5-6-8-11/h11H,4-9,14H2,1-3H3. The fourth-order valence-corrected chi connectivity index (χ4v) is 2.79. The van der Waals surface area contributed by atoms with E-state index >= 15 is 0 Å². The number of rotatable bonds is 4. The lowest BCUT2D eigenvalue weighted by Gasteiger charge is -2.27. The maximum absolute atomic E-state index is 6.18. The second-order valence-corrected chi connectivity index (χ2v) is 5.10. The lowest BCUT2D eigenvalue weighted by Crippen LogP contribution is -2.31. The summed E-state index contributed by atoms with van der Waals surface area (Å²) in [5.41, 5.74) is 7.99. The van der Waals surface area contributed by atoms with Gasteiger partial charge in [0.05, 0.1) is 11.4 Å².